The Kier molecular flexibility index (Phi) is 5.82. The first-order chi connectivity index (χ1) is 13.8. The van der Waals surface area contributed by atoms with Gasteiger partial charge in [0.05, 0.1) is 13.2 Å². The van der Waals surface area contributed by atoms with Gasteiger partial charge in [-0.2, -0.15) is 5.10 Å². The van der Waals surface area contributed by atoms with E-state index in [1.807, 2.05) is 41.2 Å². The quantitative estimate of drug-likeness (QED) is 0.588. The molecule has 2 aromatic heterocycles. The molecule has 0 amide bonds. The summed E-state index contributed by atoms with van der Waals surface area (Å²) in [6.45, 7) is 5.71. The van der Waals surface area contributed by atoms with Gasteiger partial charge >= 0.3 is 0 Å². The molecule has 3 aromatic rings. The van der Waals surface area contributed by atoms with Crippen LogP contribution >= 0.6 is 0 Å². The Hall–Kier alpha value is -2.93. The molecule has 7 nitrogen and oxygen atoms in total. The second kappa shape index (κ2) is 8.84. The maximum absolute atomic E-state index is 5.95. The Morgan fingerprint density at radius 3 is 2.89 bits per heavy atom. The third kappa shape index (κ3) is 4.48. The molecule has 1 aromatic carbocycles. The summed E-state index contributed by atoms with van der Waals surface area (Å²) in [6, 6.07) is 14.2. The van der Waals surface area contributed by atoms with Crippen molar-refractivity contribution in [3.8, 4) is 5.88 Å². The summed E-state index contributed by atoms with van der Waals surface area (Å²) < 4.78 is 13.8. The fourth-order valence-electron chi connectivity index (χ4n) is 3.33. The molecular formula is C21H25N5O2. The topological polar surface area (TPSA) is 65.3 Å². The van der Waals surface area contributed by atoms with Crippen molar-refractivity contribution in [3.63, 3.8) is 0 Å². The molecule has 1 aliphatic heterocycles. The molecule has 3 heterocycles. The van der Waals surface area contributed by atoms with E-state index in [1.54, 1.807) is 6.33 Å². The van der Waals surface area contributed by atoms with E-state index in [0.717, 1.165) is 37.6 Å². The lowest BCUT2D eigenvalue weighted by atomic mass is 10.1. The molecule has 0 radical (unpaired) electrons. The van der Waals surface area contributed by atoms with Crippen LogP contribution in [-0.4, -0.2) is 46.1 Å². The molecule has 0 bridgehead atoms. The molecule has 0 saturated carbocycles. The van der Waals surface area contributed by atoms with Crippen molar-refractivity contribution in [1.82, 2.24) is 19.7 Å². The third-order valence-electron chi connectivity index (χ3n) is 4.88. The summed E-state index contributed by atoms with van der Waals surface area (Å²) in [5.74, 6) is 1.47. The van der Waals surface area contributed by atoms with Crippen molar-refractivity contribution >= 4 is 5.82 Å². The van der Waals surface area contributed by atoms with Crippen LogP contribution in [0.1, 0.15) is 23.8 Å². The minimum absolute atomic E-state index is 0.0478. The predicted molar refractivity (Wildman–Crippen MR) is 106 cm³/mol. The van der Waals surface area contributed by atoms with Crippen molar-refractivity contribution in [2.24, 2.45) is 0 Å². The number of morpholine rings is 1. The molecule has 4 rings (SSSR count). The number of aromatic nitrogens is 4. The molecule has 28 heavy (non-hydrogen) atoms. The first-order valence-electron chi connectivity index (χ1n) is 9.64. The second-order valence-corrected chi connectivity index (χ2v) is 6.83. The minimum atomic E-state index is 0.0478. The van der Waals surface area contributed by atoms with Gasteiger partial charge in [0, 0.05) is 44.0 Å². The van der Waals surface area contributed by atoms with Crippen molar-refractivity contribution in [2.75, 3.05) is 31.2 Å². The number of aryl methyl sites for hydroxylation is 2. The van der Waals surface area contributed by atoms with Gasteiger partial charge in [-0.3, -0.25) is 4.68 Å². The molecule has 1 atom stereocenters. The number of hydrogen-bond acceptors (Lipinski definition) is 6. The van der Waals surface area contributed by atoms with Gasteiger partial charge in [-0.05, 0) is 18.6 Å². The smallest absolute Gasteiger partial charge is 0.218 e. The third-order valence-corrected chi connectivity index (χ3v) is 4.88. The molecule has 1 aliphatic rings. The maximum Gasteiger partial charge on any atom is 0.218 e. The summed E-state index contributed by atoms with van der Waals surface area (Å²) in [4.78, 5) is 10.9. The lowest BCUT2D eigenvalue weighted by molar-refractivity contribution is 0.0395. The fourth-order valence-corrected chi connectivity index (χ4v) is 3.33. The van der Waals surface area contributed by atoms with Crippen LogP contribution in [0.5, 0.6) is 5.88 Å². The van der Waals surface area contributed by atoms with E-state index >= 15 is 0 Å². The van der Waals surface area contributed by atoms with Crippen LogP contribution < -0.4 is 9.64 Å². The number of nitrogens with zero attached hydrogens (tertiary/aromatic N) is 5. The second-order valence-electron chi connectivity index (χ2n) is 6.83. The Balaban J connectivity index is 1.33. The van der Waals surface area contributed by atoms with Gasteiger partial charge in [-0.25, -0.2) is 9.97 Å². The SMILES string of the molecule is Cc1ccnn1CCCOc1cc(N2CCOC(c3ccccc3)C2)ncn1. The van der Waals surface area contributed by atoms with Crippen LogP contribution in [0.4, 0.5) is 5.82 Å². The van der Waals surface area contributed by atoms with Gasteiger partial charge in [-0.1, -0.05) is 30.3 Å². The minimum Gasteiger partial charge on any atom is -0.477 e. The summed E-state index contributed by atoms with van der Waals surface area (Å²) in [7, 11) is 0. The Bertz CT molecular complexity index is 883. The van der Waals surface area contributed by atoms with Crippen LogP contribution in [0.3, 0.4) is 0 Å². The highest BCUT2D eigenvalue weighted by Gasteiger charge is 2.23. The number of benzene rings is 1. The van der Waals surface area contributed by atoms with E-state index in [9.17, 15) is 0 Å². The molecule has 0 spiro atoms. The average Bonchev–Trinajstić information content (AvgIpc) is 3.17. The van der Waals surface area contributed by atoms with Crippen LogP contribution in [0.25, 0.3) is 0 Å². The number of anilines is 1. The van der Waals surface area contributed by atoms with Crippen LogP contribution in [0, 0.1) is 6.92 Å². The Labute approximate surface area is 164 Å². The zero-order valence-electron chi connectivity index (χ0n) is 16.1. The van der Waals surface area contributed by atoms with E-state index in [-0.39, 0.29) is 6.10 Å². The van der Waals surface area contributed by atoms with E-state index in [0.29, 0.717) is 19.1 Å². The number of rotatable bonds is 7. The zero-order valence-corrected chi connectivity index (χ0v) is 16.1. The van der Waals surface area contributed by atoms with Crippen molar-refractivity contribution in [1.29, 1.82) is 0 Å². The van der Waals surface area contributed by atoms with Crippen molar-refractivity contribution < 1.29 is 9.47 Å². The molecule has 7 heteroatoms. The highest BCUT2D eigenvalue weighted by atomic mass is 16.5. The Morgan fingerprint density at radius 2 is 2.07 bits per heavy atom. The highest BCUT2D eigenvalue weighted by Crippen LogP contribution is 2.26. The normalized spacial score (nSPS) is 16.9. The fraction of sp³-hybridized carbons (Fsp3) is 0.381. The van der Waals surface area contributed by atoms with Gasteiger partial charge in [0.1, 0.15) is 18.2 Å². The van der Waals surface area contributed by atoms with Gasteiger partial charge < -0.3 is 14.4 Å². The summed E-state index contributed by atoms with van der Waals surface area (Å²) in [5, 5.41) is 4.28. The predicted octanol–water partition coefficient (Wildman–Crippen LogP) is 3.03. The standard InChI is InChI=1S/C21H25N5O2/c1-17-8-9-24-26(17)10-5-12-28-21-14-20(22-16-23-21)25-11-13-27-19(15-25)18-6-3-2-4-7-18/h2-4,6-9,14,16,19H,5,10-13,15H2,1H3. The Morgan fingerprint density at radius 1 is 1.18 bits per heavy atom. The van der Waals surface area contributed by atoms with Crippen LogP contribution in [0.15, 0.2) is 55.0 Å². The largest absolute Gasteiger partial charge is 0.477 e. The molecule has 0 N–H and O–H groups in total. The molecule has 146 valence electrons. The zero-order chi connectivity index (χ0) is 19.2. The first kappa shape index (κ1) is 18.4. The van der Waals surface area contributed by atoms with Crippen molar-refractivity contribution in [3.05, 3.63) is 66.2 Å². The van der Waals surface area contributed by atoms with E-state index in [2.05, 4.69) is 39.0 Å². The molecule has 1 fully saturated rings. The lowest BCUT2D eigenvalue weighted by Gasteiger charge is -2.34. The molecular weight excluding hydrogens is 354 g/mol. The maximum atomic E-state index is 5.95. The highest BCUT2D eigenvalue weighted by molar-refractivity contribution is 5.42. The van der Waals surface area contributed by atoms with Gasteiger partial charge in [-0.15, -0.1) is 0 Å². The van der Waals surface area contributed by atoms with Gasteiger partial charge in [0.15, 0.2) is 0 Å². The number of ether oxygens (including phenoxy) is 2. The summed E-state index contributed by atoms with van der Waals surface area (Å²) >= 11 is 0. The van der Waals surface area contributed by atoms with E-state index in [1.165, 1.54) is 5.56 Å². The van der Waals surface area contributed by atoms with Gasteiger partial charge in [0.25, 0.3) is 0 Å². The van der Waals surface area contributed by atoms with E-state index in [4.69, 9.17) is 9.47 Å². The monoisotopic (exact) mass is 379 g/mol. The van der Waals surface area contributed by atoms with Gasteiger partial charge in [0.2, 0.25) is 5.88 Å². The molecule has 1 saturated heterocycles. The summed E-state index contributed by atoms with van der Waals surface area (Å²) in [6.07, 6.45) is 4.30. The number of hydrogen-bond donors (Lipinski definition) is 0. The van der Waals surface area contributed by atoms with Crippen molar-refractivity contribution in [2.45, 2.75) is 26.0 Å². The molecule has 0 aliphatic carbocycles. The van der Waals surface area contributed by atoms with Crippen LogP contribution in [-0.2, 0) is 11.3 Å². The van der Waals surface area contributed by atoms with E-state index < -0.39 is 0 Å². The average molecular weight is 379 g/mol. The molecule has 1 unspecified atom stereocenters. The summed E-state index contributed by atoms with van der Waals surface area (Å²) in [5.41, 5.74) is 2.34. The lowest BCUT2D eigenvalue weighted by Crippen LogP contribution is -2.38. The van der Waals surface area contributed by atoms with Crippen LogP contribution in [0.2, 0.25) is 0 Å². The first-order valence-corrected chi connectivity index (χ1v) is 9.64.